The quantitative estimate of drug-likeness (QED) is 0.500. The number of carbonyl (C=O) groups is 2. The molecular formula is C16H11FN4O4. The molecule has 126 valence electrons. The van der Waals surface area contributed by atoms with Gasteiger partial charge in [0.15, 0.2) is 0 Å². The fourth-order valence-electron chi connectivity index (χ4n) is 2.21. The monoisotopic (exact) mass is 342 g/mol. The van der Waals surface area contributed by atoms with Gasteiger partial charge in [-0.1, -0.05) is 0 Å². The fraction of sp³-hybridized carbons (Fsp3) is 0. The first-order valence-corrected chi connectivity index (χ1v) is 7.07. The Hall–Kier alpha value is -3.75. The Morgan fingerprint density at radius 1 is 1.00 bits per heavy atom. The summed E-state index contributed by atoms with van der Waals surface area (Å²) in [5.41, 5.74) is 5.13. The summed E-state index contributed by atoms with van der Waals surface area (Å²) in [6, 6.07) is 10.4. The summed E-state index contributed by atoms with van der Waals surface area (Å²) in [4.78, 5) is 36.8. The number of non-ortho nitro benzene ring substituents is 1. The molecule has 3 aromatic rings. The van der Waals surface area contributed by atoms with Crippen LogP contribution in [0.15, 0.2) is 48.5 Å². The van der Waals surface area contributed by atoms with Crippen molar-refractivity contribution in [2.75, 3.05) is 0 Å². The zero-order valence-corrected chi connectivity index (χ0v) is 12.6. The van der Waals surface area contributed by atoms with E-state index in [0.29, 0.717) is 10.9 Å². The zero-order valence-electron chi connectivity index (χ0n) is 12.6. The van der Waals surface area contributed by atoms with E-state index in [9.17, 15) is 24.1 Å². The van der Waals surface area contributed by atoms with Gasteiger partial charge in [0.2, 0.25) is 0 Å². The van der Waals surface area contributed by atoms with E-state index in [1.54, 1.807) is 0 Å². The van der Waals surface area contributed by atoms with Crippen molar-refractivity contribution >= 4 is 28.4 Å². The summed E-state index contributed by atoms with van der Waals surface area (Å²) < 4.78 is 13.2. The number of hydrazine groups is 1. The van der Waals surface area contributed by atoms with Gasteiger partial charge in [0, 0.05) is 28.6 Å². The number of rotatable bonds is 3. The molecule has 0 aliphatic carbocycles. The lowest BCUT2D eigenvalue weighted by Gasteiger charge is -2.06. The first-order chi connectivity index (χ1) is 11.9. The standard InChI is InChI=1S/C16H11FN4O4/c17-11-3-6-13-10(7-11)8-14(18-13)16(23)20-19-15(22)9-1-4-12(5-2-9)21(24)25/h1-8,18H,(H,19,22)(H,20,23). The molecular weight excluding hydrogens is 331 g/mol. The molecule has 2 aromatic carbocycles. The Morgan fingerprint density at radius 3 is 2.36 bits per heavy atom. The Balaban J connectivity index is 1.66. The Bertz CT molecular complexity index is 981. The zero-order chi connectivity index (χ0) is 18.0. The third-order valence-corrected chi connectivity index (χ3v) is 3.46. The summed E-state index contributed by atoms with van der Waals surface area (Å²) in [6.07, 6.45) is 0. The number of nitrogens with one attached hydrogen (secondary N) is 3. The molecule has 0 saturated carbocycles. The van der Waals surface area contributed by atoms with Crippen molar-refractivity contribution in [3.63, 3.8) is 0 Å². The molecule has 0 unspecified atom stereocenters. The second-order valence-corrected chi connectivity index (χ2v) is 5.13. The van der Waals surface area contributed by atoms with Crippen molar-refractivity contribution in [3.05, 3.63) is 75.7 Å². The van der Waals surface area contributed by atoms with E-state index in [1.807, 2.05) is 0 Å². The van der Waals surface area contributed by atoms with Gasteiger partial charge in [0.1, 0.15) is 11.5 Å². The highest BCUT2D eigenvalue weighted by molar-refractivity contribution is 6.00. The van der Waals surface area contributed by atoms with Crippen LogP contribution in [-0.4, -0.2) is 21.7 Å². The molecule has 0 bridgehead atoms. The van der Waals surface area contributed by atoms with Crippen molar-refractivity contribution in [2.24, 2.45) is 0 Å². The number of nitrogens with zero attached hydrogens (tertiary/aromatic N) is 1. The highest BCUT2D eigenvalue weighted by Gasteiger charge is 2.13. The van der Waals surface area contributed by atoms with Crippen LogP contribution in [0.3, 0.4) is 0 Å². The van der Waals surface area contributed by atoms with E-state index in [2.05, 4.69) is 15.8 Å². The van der Waals surface area contributed by atoms with Crippen LogP contribution in [0.2, 0.25) is 0 Å². The van der Waals surface area contributed by atoms with Crippen LogP contribution in [0.25, 0.3) is 10.9 Å². The number of aromatic amines is 1. The number of fused-ring (bicyclic) bond motifs is 1. The molecule has 1 aromatic heterocycles. The number of carbonyl (C=O) groups excluding carboxylic acids is 2. The van der Waals surface area contributed by atoms with Gasteiger partial charge < -0.3 is 4.98 Å². The number of H-pyrrole nitrogens is 1. The summed E-state index contributed by atoms with van der Waals surface area (Å²) >= 11 is 0. The molecule has 0 atom stereocenters. The number of aromatic nitrogens is 1. The van der Waals surface area contributed by atoms with E-state index in [4.69, 9.17) is 0 Å². The van der Waals surface area contributed by atoms with Crippen molar-refractivity contribution < 1.29 is 18.9 Å². The lowest BCUT2D eigenvalue weighted by molar-refractivity contribution is -0.384. The van der Waals surface area contributed by atoms with E-state index >= 15 is 0 Å². The van der Waals surface area contributed by atoms with Gasteiger partial charge in [-0.2, -0.15) is 0 Å². The number of halogens is 1. The highest BCUT2D eigenvalue weighted by atomic mass is 19.1. The van der Waals surface area contributed by atoms with Gasteiger partial charge in [-0.3, -0.25) is 30.6 Å². The molecule has 8 nitrogen and oxygen atoms in total. The molecule has 9 heteroatoms. The Kier molecular flexibility index (Phi) is 4.12. The third-order valence-electron chi connectivity index (χ3n) is 3.46. The van der Waals surface area contributed by atoms with Crippen molar-refractivity contribution in [2.45, 2.75) is 0 Å². The first-order valence-electron chi connectivity index (χ1n) is 7.07. The molecule has 3 rings (SSSR count). The average molecular weight is 342 g/mol. The minimum absolute atomic E-state index is 0.143. The smallest absolute Gasteiger partial charge is 0.286 e. The van der Waals surface area contributed by atoms with Gasteiger partial charge in [-0.05, 0) is 36.4 Å². The van der Waals surface area contributed by atoms with Gasteiger partial charge in [0.25, 0.3) is 17.5 Å². The molecule has 0 radical (unpaired) electrons. The molecule has 0 spiro atoms. The van der Waals surface area contributed by atoms with E-state index < -0.39 is 22.6 Å². The first kappa shape index (κ1) is 16.1. The van der Waals surface area contributed by atoms with Crippen molar-refractivity contribution in [1.82, 2.24) is 15.8 Å². The lowest BCUT2D eigenvalue weighted by atomic mass is 10.2. The topological polar surface area (TPSA) is 117 Å². The predicted molar refractivity (Wildman–Crippen MR) is 86.3 cm³/mol. The van der Waals surface area contributed by atoms with E-state index in [-0.39, 0.29) is 16.9 Å². The van der Waals surface area contributed by atoms with Crippen LogP contribution >= 0.6 is 0 Å². The van der Waals surface area contributed by atoms with Crippen LogP contribution in [0.1, 0.15) is 20.8 Å². The molecule has 3 N–H and O–H groups in total. The number of hydrogen-bond acceptors (Lipinski definition) is 4. The third kappa shape index (κ3) is 3.44. The minimum atomic E-state index is -0.634. The maximum absolute atomic E-state index is 13.2. The second kappa shape index (κ2) is 6.40. The van der Waals surface area contributed by atoms with Crippen LogP contribution < -0.4 is 10.9 Å². The Labute approximate surface area is 139 Å². The molecule has 0 fully saturated rings. The normalized spacial score (nSPS) is 10.4. The number of hydrogen-bond donors (Lipinski definition) is 3. The SMILES string of the molecule is O=C(NNC(=O)c1cc2cc(F)ccc2[nH]1)c1ccc([N+](=O)[O-])cc1. The van der Waals surface area contributed by atoms with Gasteiger partial charge in [-0.15, -0.1) is 0 Å². The maximum atomic E-state index is 13.2. The predicted octanol–water partition coefficient (Wildman–Crippen LogP) is 2.29. The summed E-state index contributed by atoms with van der Waals surface area (Å²) in [5.74, 6) is -1.68. The van der Waals surface area contributed by atoms with Crippen LogP contribution in [0, 0.1) is 15.9 Å². The van der Waals surface area contributed by atoms with Gasteiger partial charge in [0.05, 0.1) is 4.92 Å². The molecule has 0 aliphatic heterocycles. The number of benzene rings is 2. The van der Waals surface area contributed by atoms with E-state index in [1.165, 1.54) is 48.5 Å². The van der Waals surface area contributed by atoms with E-state index in [0.717, 1.165) is 0 Å². The summed E-state index contributed by atoms with van der Waals surface area (Å²) in [7, 11) is 0. The fourth-order valence-corrected chi connectivity index (χ4v) is 2.21. The summed E-state index contributed by atoms with van der Waals surface area (Å²) in [6.45, 7) is 0. The van der Waals surface area contributed by atoms with Crippen molar-refractivity contribution in [1.29, 1.82) is 0 Å². The number of amides is 2. The number of nitro groups is 1. The molecule has 25 heavy (non-hydrogen) atoms. The molecule has 1 heterocycles. The highest BCUT2D eigenvalue weighted by Crippen LogP contribution is 2.16. The minimum Gasteiger partial charge on any atom is -0.350 e. The average Bonchev–Trinajstić information content (AvgIpc) is 3.02. The second-order valence-electron chi connectivity index (χ2n) is 5.13. The van der Waals surface area contributed by atoms with Gasteiger partial charge in [-0.25, -0.2) is 4.39 Å². The van der Waals surface area contributed by atoms with Crippen LogP contribution in [0.5, 0.6) is 0 Å². The number of nitro benzene ring substituents is 1. The van der Waals surface area contributed by atoms with Crippen LogP contribution in [0.4, 0.5) is 10.1 Å². The summed E-state index contributed by atoms with van der Waals surface area (Å²) in [5, 5.41) is 11.1. The van der Waals surface area contributed by atoms with Crippen LogP contribution in [-0.2, 0) is 0 Å². The molecule has 0 saturated heterocycles. The molecule has 2 amide bonds. The maximum Gasteiger partial charge on any atom is 0.286 e. The Morgan fingerprint density at radius 2 is 1.68 bits per heavy atom. The largest absolute Gasteiger partial charge is 0.350 e. The molecule has 0 aliphatic rings. The lowest BCUT2D eigenvalue weighted by Crippen LogP contribution is -2.41. The van der Waals surface area contributed by atoms with Crippen molar-refractivity contribution in [3.8, 4) is 0 Å². The van der Waals surface area contributed by atoms with Gasteiger partial charge >= 0.3 is 0 Å².